The number of rotatable bonds is 7. The summed E-state index contributed by atoms with van der Waals surface area (Å²) in [5.74, 6) is 1.27. The van der Waals surface area contributed by atoms with E-state index in [-0.39, 0.29) is 11.9 Å². The molecule has 1 amide bonds. The van der Waals surface area contributed by atoms with Crippen molar-refractivity contribution in [1.29, 1.82) is 0 Å². The first-order valence-electron chi connectivity index (χ1n) is 5.50. The van der Waals surface area contributed by atoms with Crippen LogP contribution in [0.3, 0.4) is 0 Å². The molecule has 0 spiro atoms. The molecule has 18 heavy (non-hydrogen) atoms. The summed E-state index contributed by atoms with van der Waals surface area (Å²) in [4.78, 5) is 11.5. The summed E-state index contributed by atoms with van der Waals surface area (Å²) in [5, 5.41) is 11.0. The molecular weight excluding hydrogens is 286 g/mol. The number of amides is 1. The largest absolute Gasteiger partial charge is 0.353 e. The van der Waals surface area contributed by atoms with Crippen molar-refractivity contribution in [2.45, 2.75) is 35.5 Å². The number of nitrogens with zero attached hydrogens (tertiary/aromatic N) is 2. The number of carbonyl (C=O) groups is 1. The lowest BCUT2D eigenvalue weighted by Gasteiger charge is -2.06. The fourth-order valence-electron chi connectivity index (χ4n) is 0.990. The van der Waals surface area contributed by atoms with Gasteiger partial charge in [-0.15, -0.1) is 10.2 Å². The van der Waals surface area contributed by atoms with Crippen LogP contribution >= 0.6 is 34.9 Å². The number of nitrogens with one attached hydrogen (secondary N) is 1. The van der Waals surface area contributed by atoms with Gasteiger partial charge in [0.05, 0.1) is 5.75 Å². The van der Waals surface area contributed by atoms with E-state index in [0.29, 0.717) is 5.75 Å². The highest BCUT2D eigenvalue weighted by atomic mass is 32.2. The van der Waals surface area contributed by atoms with Gasteiger partial charge in [0.1, 0.15) is 0 Å². The van der Waals surface area contributed by atoms with Gasteiger partial charge >= 0.3 is 0 Å². The van der Waals surface area contributed by atoms with Gasteiger partial charge in [-0.3, -0.25) is 4.79 Å². The minimum atomic E-state index is 0.0290. The van der Waals surface area contributed by atoms with Crippen LogP contribution in [0.1, 0.15) is 20.8 Å². The molecule has 0 aliphatic rings. The van der Waals surface area contributed by atoms with Gasteiger partial charge < -0.3 is 5.32 Å². The van der Waals surface area contributed by atoms with Crippen molar-refractivity contribution < 1.29 is 4.79 Å². The summed E-state index contributed by atoms with van der Waals surface area (Å²) in [5.41, 5.74) is 1.11. The van der Waals surface area contributed by atoms with Crippen molar-refractivity contribution >= 4 is 40.8 Å². The summed E-state index contributed by atoms with van der Waals surface area (Å²) in [7, 11) is 0. The fourth-order valence-corrected chi connectivity index (χ4v) is 3.66. The third-order valence-electron chi connectivity index (χ3n) is 1.61. The van der Waals surface area contributed by atoms with Crippen molar-refractivity contribution in [3.05, 3.63) is 12.2 Å². The molecule has 0 aliphatic carbocycles. The van der Waals surface area contributed by atoms with Gasteiger partial charge in [-0.1, -0.05) is 47.0 Å². The van der Waals surface area contributed by atoms with Crippen LogP contribution in [0, 0.1) is 0 Å². The molecule has 0 saturated carbocycles. The van der Waals surface area contributed by atoms with Crippen molar-refractivity contribution in [2.24, 2.45) is 0 Å². The van der Waals surface area contributed by atoms with E-state index in [1.165, 1.54) is 23.1 Å². The van der Waals surface area contributed by atoms with Gasteiger partial charge in [0.15, 0.2) is 8.68 Å². The number of carbonyl (C=O) groups excluding carboxylic acids is 1. The van der Waals surface area contributed by atoms with Gasteiger partial charge in [0.2, 0.25) is 5.91 Å². The Kier molecular flexibility index (Phi) is 6.73. The molecule has 1 heterocycles. The Hall–Kier alpha value is -0.530. The molecule has 0 bridgehead atoms. The highest BCUT2D eigenvalue weighted by Crippen LogP contribution is 2.29. The minimum absolute atomic E-state index is 0.0290. The summed E-state index contributed by atoms with van der Waals surface area (Å²) < 4.78 is 1.75. The molecule has 0 aliphatic heterocycles. The standard InChI is InChI=1S/C11H17N3OS3/c1-7(2)5-16-10-13-14-11(18-10)17-6-9(15)12-8(3)4/h8H,1,5-6H2,2-4H3,(H,12,15). The third-order valence-corrected chi connectivity index (χ3v) is 5.03. The number of hydrogen-bond donors (Lipinski definition) is 1. The summed E-state index contributed by atoms with van der Waals surface area (Å²) in [6, 6.07) is 0.175. The van der Waals surface area contributed by atoms with Gasteiger partial charge in [-0.25, -0.2) is 0 Å². The maximum Gasteiger partial charge on any atom is 0.230 e. The van der Waals surface area contributed by atoms with E-state index in [2.05, 4.69) is 22.1 Å². The second kappa shape index (κ2) is 7.81. The summed E-state index contributed by atoms with van der Waals surface area (Å²) >= 11 is 4.57. The Morgan fingerprint density at radius 3 is 2.39 bits per heavy atom. The molecule has 0 saturated heterocycles. The Morgan fingerprint density at radius 2 is 1.89 bits per heavy atom. The highest BCUT2D eigenvalue weighted by molar-refractivity contribution is 8.03. The normalized spacial score (nSPS) is 10.7. The Balaban J connectivity index is 2.35. The van der Waals surface area contributed by atoms with Gasteiger partial charge in [0, 0.05) is 11.8 Å². The Bertz CT molecular complexity index is 417. The molecule has 0 radical (unpaired) electrons. The lowest BCUT2D eigenvalue weighted by Crippen LogP contribution is -2.31. The lowest BCUT2D eigenvalue weighted by molar-refractivity contribution is -0.119. The van der Waals surface area contributed by atoms with Crippen LogP contribution in [0.5, 0.6) is 0 Å². The van der Waals surface area contributed by atoms with Crippen LogP contribution in [-0.2, 0) is 4.79 Å². The Morgan fingerprint density at radius 1 is 1.33 bits per heavy atom. The topological polar surface area (TPSA) is 54.9 Å². The average Bonchev–Trinajstić information content (AvgIpc) is 2.70. The molecule has 1 rings (SSSR count). The van der Waals surface area contributed by atoms with Crippen LogP contribution in [0.15, 0.2) is 20.8 Å². The number of thioether (sulfide) groups is 2. The van der Waals surface area contributed by atoms with Gasteiger partial charge in [0.25, 0.3) is 0 Å². The highest BCUT2D eigenvalue weighted by Gasteiger charge is 2.09. The predicted octanol–water partition coefficient (Wildman–Crippen LogP) is 2.82. The van der Waals surface area contributed by atoms with E-state index in [0.717, 1.165) is 20.0 Å². The van der Waals surface area contributed by atoms with Crippen LogP contribution in [-0.4, -0.2) is 33.7 Å². The molecule has 0 aromatic carbocycles. The lowest BCUT2D eigenvalue weighted by atomic mass is 10.4. The predicted molar refractivity (Wildman–Crippen MR) is 79.4 cm³/mol. The van der Waals surface area contributed by atoms with Gasteiger partial charge in [-0.2, -0.15) is 0 Å². The first kappa shape index (κ1) is 15.5. The monoisotopic (exact) mass is 303 g/mol. The minimum Gasteiger partial charge on any atom is -0.353 e. The second-order valence-electron chi connectivity index (χ2n) is 4.09. The van der Waals surface area contributed by atoms with Crippen LogP contribution in [0.4, 0.5) is 0 Å². The van der Waals surface area contributed by atoms with Gasteiger partial charge in [-0.05, 0) is 20.8 Å². The molecule has 1 aromatic rings. The van der Waals surface area contributed by atoms with E-state index in [1.807, 2.05) is 20.8 Å². The zero-order chi connectivity index (χ0) is 13.5. The smallest absolute Gasteiger partial charge is 0.230 e. The van der Waals surface area contributed by atoms with Crippen molar-refractivity contribution in [3.63, 3.8) is 0 Å². The molecule has 1 N–H and O–H groups in total. The molecule has 7 heteroatoms. The second-order valence-corrected chi connectivity index (χ2v) is 7.51. The molecular formula is C11H17N3OS3. The number of hydrogen-bond acceptors (Lipinski definition) is 6. The average molecular weight is 303 g/mol. The molecule has 4 nitrogen and oxygen atoms in total. The van der Waals surface area contributed by atoms with Crippen LogP contribution in [0.2, 0.25) is 0 Å². The zero-order valence-corrected chi connectivity index (χ0v) is 13.2. The summed E-state index contributed by atoms with van der Waals surface area (Å²) in [6.07, 6.45) is 0. The fraction of sp³-hybridized carbons (Fsp3) is 0.545. The molecule has 0 fully saturated rings. The molecule has 0 unspecified atom stereocenters. The molecule has 100 valence electrons. The Labute approximate surface area is 120 Å². The summed E-state index contributed by atoms with van der Waals surface area (Å²) in [6.45, 7) is 9.72. The SMILES string of the molecule is C=C(C)CSc1nnc(SCC(=O)NC(C)C)s1. The van der Waals surface area contributed by atoms with Crippen LogP contribution in [0.25, 0.3) is 0 Å². The van der Waals surface area contributed by atoms with Crippen molar-refractivity contribution in [2.75, 3.05) is 11.5 Å². The van der Waals surface area contributed by atoms with E-state index < -0.39 is 0 Å². The first-order valence-corrected chi connectivity index (χ1v) is 8.29. The van der Waals surface area contributed by atoms with Crippen molar-refractivity contribution in [1.82, 2.24) is 15.5 Å². The first-order chi connectivity index (χ1) is 8.47. The number of aromatic nitrogens is 2. The zero-order valence-electron chi connectivity index (χ0n) is 10.7. The van der Waals surface area contributed by atoms with E-state index in [9.17, 15) is 4.79 Å². The maximum atomic E-state index is 11.5. The van der Waals surface area contributed by atoms with E-state index in [1.54, 1.807) is 11.8 Å². The quantitative estimate of drug-likeness (QED) is 0.620. The maximum absolute atomic E-state index is 11.5. The molecule has 0 atom stereocenters. The van der Waals surface area contributed by atoms with E-state index >= 15 is 0 Å². The van der Waals surface area contributed by atoms with Crippen molar-refractivity contribution in [3.8, 4) is 0 Å². The third kappa shape index (κ3) is 6.42. The van der Waals surface area contributed by atoms with Crippen LogP contribution < -0.4 is 5.32 Å². The van der Waals surface area contributed by atoms with E-state index in [4.69, 9.17) is 0 Å². The molecule has 1 aromatic heterocycles.